The molecule has 0 spiro atoms. The van der Waals surface area contributed by atoms with E-state index in [1.807, 2.05) is 43.3 Å². The summed E-state index contributed by atoms with van der Waals surface area (Å²) in [6.45, 7) is 1.76. The van der Waals surface area contributed by atoms with Gasteiger partial charge in [-0.2, -0.15) is 0 Å². The molecule has 0 heterocycles. The molecule has 1 rings (SSSR count). The molecule has 0 fully saturated rings. The normalized spacial score (nSPS) is 12.0. The largest absolute Gasteiger partial charge is 0.394 e. The summed E-state index contributed by atoms with van der Waals surface area (Å²) in [6, 6.07) is 8.00. The number of nitrogens with one attached hydrogen (secondary N) is 1. The minimum absolute atomic E-state index is 0.0202. The Balaban J connectivity index is 2.41. The second-order valence-corrected chi connectivity index (χ2v) is 4.71. The zero-order valence-corrected chi connectivity index (χ0v) is 11.3. The predicted octanol–water partition coefficient (Wildman–Crippen LogP) is 1.18. The Labute approximate surface area is 109 Å². The third kappa shape index (κ3) is 4.75. The fraction of sp³-hybridized carbons (Fsp3) is 0.500. The zero-order valence-electron chi connectivity index (χ0n) is 11.3. The van der Waals surface area contributed by atoms with E-state index in [1.165, 1.54) is 0 Å². The first kappa shape index (κ1) is 14.5. The van der Waals surface area contributed by atoms with Crippen molar-refractivity contribution in [2.24, 2.45) is 0 Å². The smallest absolute Gasteiger partial charge is 0.220 e. The van der Waals surface area contributed by atoms with Crippen molar-refractivity contribution >= 4 is 11.6 Å². The molecule has 0 aromatic heterocycles. The summed E-state index contributed by atoms with van der Waals surface area (Å²) >= 11 is 0. The third-order valence-corrected chi connectivity index (χ3v) is 2.77. The molecule has 1 aromatic carbocycles. The quantitative estimate of drug-likeness (QED) is 0.797. The maximum atomic E-state index is 11.5. The molecular formula is C14H22N2O2. The van der Waals surface area contributed by atoms with E-state index in [0.717, 1.165) is 17.7 Å². The Morgan fingerprint density at radius 1 is 1.33 bits per heavy atom. The van der Waals surface area contributed by atoms with E-state index in [4.69, 9.17) is 5.11 Å². The van der Waals surface area contributed by atoms with Crippen molar-refractivity contribution in [2.45, 2.75) is 25.8 Å². The Morgan fingerprint density at radius 3 is 2.44 bits per heavy atom. The number of carbonyl (C=O) groups excluding carboxylic acids is 1. The number of aliphatic hydroxyl groups excluding tert-OH is 1. The number of aliphatic hydroxyl groups is 1. The minimum Gasteiger partial charge on any atom is -0.394 e. The molecule has 0 saturated carbocycles. The molecule has 1 aromatic rings. The van der Waals surface area contributed by atoms with Crippen LogP contribution in [0.4, 0.5) is 5.69 Å². The Kier molecular flexibility index (Phi) is 5.65. The van der Waals surface area contributed by atoms with E-state index in [2.05, 4.69) is 5.32 Å². The Morgan fingerprint density at radius 2 is 1.94 bits per heavy atom. The van der Waals surface area contributed by atoms with Gasteiger partial charge in [0.15, 0.2) is 0 Å². The summed E-state index contributed by atoms with van der Waals surface area (Å²) in [4.78, 5) is 13.6. The molecule has 0 saturated heterocycles. The molecule has 4 heteroatoms. The first-order valence-corrected chi connectivity index (χ1v) is 6.19. The van der Waals surface area contributed by atoms with Crippen LogP contribution in [0.5, 0.6) is 0 Å². The topological polar surface area (TPSA) is 52.6 Å². The lowest BCUT2D eigenvalue weighted by Gasteiger charge is -2.13. The molecule has 4 nitrogen and oxygen atoms in total. The van der Waals surface area contributed by atoms with Crippen molar-refractivity contribution in [3.63, 3.8) is 0 Å². The van der Waals surface area contributed by atoms with Gasteiger partial charge in [0.05, 0.1) is 6.61 Å². The molecule has 1 atom stereocenters. The molecule has 0 aliphatic rings. The van der Waals surface area contributed by atoms with Gasteiger partial charge in [0.2, 0.25) is 5.91 Å². The number of benzene rings is 1. The summed E-state index contributed by atoms with van der Waals surface area (Å²) in [5.41, 5.74) is 2.30. The van der Waals surface area contributed by atoms with Gasteiger partial charge in [-0.15, -0.1) is 0 Å². The fourth-order valence-electron chi connectivity index (χ4n) is 1.61. The van der Waals surface area contributed by atoms with Crippen LogP contribution in [0.3, 0.4) is 0 Å². The lowest BCUT2D eigenvalue weighted by atomic mass is 10.1. The highest BCUT2D eigenvalue weighted by atomic mass is 16.3. The Bertz CT molecular complexity index is 374. The maximum Gasteiger partial charge on any atom is 0.220 e. The standard InChI is InChI=1S/C14H22N2O2/c1-11(10-17)15-14(18)9-6-12-4-7-13(8-5-12)16(2)3/h4-5,7-8,11,17H,6,9-10H2,1-3H3,(H,15,18). The second-order valence-electron chi connectivity index (χ2n) is 4.71. The summed E-state index contributed by atoms with van der Waals surface area (Å²) in [7, 11) is 4.00. The van der Waals surface area contributed by atoms with Crippen LogP contribution in [-0.2, 0) is 11.2 Å². The highest BCUT2D eigenvalue weighted by molar-refractivity contribution is 5.76. The van der Waals surface area contributed by atoms with Crippen molar-refractivity contribution in [1.82, 2.24) is 5.32 Å². The van der Waals surface area contributed by atoms with Gasteiger partial charge in [0.25, 0.3) is 0 Å². The van der Waals surface area contributed by atoms with Crippen molar-refractivity contribution in [2.75, 3.05) is 25.6 Å². The van der Waals surface area contributed by atoms with Crippen molar-refractivity contribution in [3.8, 4) is 0 Å². The number of hydrogen-bond donors (Lipinski definition) is 2. The molecule has 0 aliphatic carbocycles. The number of aryl methyl sites for hydroxylation is 1. The van der Waals surface area contributed by atoms with Crippen LogP contribution in [0, 0.1) is 0 Å². The van der Waals surface area contributed by atoms with Crippen molar-refractivity contribution in [1.29, 1.82) is 0 Å². The highest BCUT2D eigenvalue weighted by Crippen LogP contribution is 2.13. The lowest BCUT2D eigenvalue weighted by Crippen LogP contribution is -2.35. The number of amides is 1. The van der Waals surface area contributed by atoms with Gasteiger partial charge in [-0.25, -0.2) is 0 Å². The van der Waals surface area contributed by atoms with Crippen LogP contribution < -0.4 is 10.2 Å². The molecule has 0 aliphatic heterocycles. The van der Waals surface area contributed by atoms with Crippen LogP contribution in [0.2, 0.25) is 0 Å². The number of hydrogen-bond acceptors (Lipinski definition) is 3. The molecule has 1 unspecified atom stereocenters. The van der Waals surface area contributed by atoms with Crippen molar-refractivity contribution in [3.05, 3.63) is 29.8 Å². The number of nitrogens with zero attached hydrogens (tertiary/aromatic N) is 1. The summed E-state index contributed by atoms with van der Waals surface area (Å²) in [5.74, 6) is -0.0202. The van der Waals surface area contributed by atoms with Crippen LogP contribution in [0.15, 0.2) is 24.3 Å². The molecule has 1 amide bonds. The van der Waals surface area contributed by atoms with Gasteiger partial charge in [0, 0.05) is 32.2 Å². The van der Waals surface area contributed by atoms with E-state index < -0.39 is 0 Å². The van der Waals surface area contributed by atoms with Crippen LogP contribution in [0.25, 0.3) is 0 Å². The molecule has 2 N–H and O–H groups in total. The average molecular weight is 250 g/mol. The molecular weight excluding hydrogens is 228 g/mol. The second kappa shape index (κ2) is 7.01. The van der Waals surface area contributed by atoms with Crippen LogP contribution in [0.1, 0.15) is 18.9 Å². The van der Waals surface area contributed by atoms with Crippen LogP contribution in [-0.4, -0.2) is 37.8 Å². The monoisotopic (exact) mass is 250 g/mol. The van der Waals surface area contributed by atoms with Crippen LogP contribution >= 0.6 is 0 Å². The fourth-order valence-corrected chi connectivity index (χ4v) is 1.61. The number of rotatable bonds is 6. The number of anilines is 1. The molecule has 0 radical (unpaired) electrons. The van der Waals surface area contributed by atoms with Gasteiger partial charge < -0.3 is 15.3 Å². The highest BCUT2D eigenvalue weighted by Gasteiger charge is 2.06. The predicted molar refractivity (Wildman–Crippen MR) is 73.8 cm³/mol. The molecule has 0 bridgehead atoms. The average Bonchev–Trinajstić information content (AvgIpc) is 2.36. The van der Waals surface area contributed by atoms with E-state index in [0.29, 0.717) is 6.42 Å². The first-order chi connectivity index (χ1) is 8.52. The SMILES string of the molecule is CC(CO)NC(=O)CCc1ccc(N(C)C)cc1. The van der Waals surface area contributed by atoms with E-state index in [1.54, 1.807) is 6.92 Å². The zero-order chi connectivity index (χ0) is 13.5. The van der Waals surface area contributed by atoms with Gasteiger partial charge in [-0.05, 0) is 31.0 Å². The van der Waals surface area contributed by atoms with Gasteiger partial charge in [0.1, 0.15) is 0 Å². The van der Waals surface area contributed by atoms with Gasteiger partial charge >= 0.3 is 0 Å². The lowest BCUT2D eigenvalue weighted by molar-refractivity contribution is -0.121. The molecule has 100 valence electrons. The Hall–Kier alpha value is -1.55. The minimum atomic E-state index is -0.173. The van der Waals surface area contributed by atoms with E-state index in [9.17, 15) is 4.79 Å². The first-order valence-electron chi connectivity index (χ1n) is 6.19. The summed E-state index contributed by atoms with van der Waals surface area (Å²) in [6.07, 6.45) is 1.17. The van der Waals surface area contributed by atoms with E-state index in [-0.39, 0.29) is 18.6 Å². The van der Waals surface area contributed by atoms with Gasteiger partial charge in [-0.1, -0.05) is 12.1 Å². The molecule has 18 heavy (non-hydrogen) atoms. The van der Waals surface area contributed by atoms with E-state index >= 15 is 0 Å². The maximum absolute atomic E-state index is 11.5. The third-order valence-electron chi connectivity index (χ3n) is 2.77. The summed E-state index contributed by atoms with van der Waals surface area (Å²) in [5, 5.41) is 11.6. The number of carbonyl (C=O) groups is 1. The summed E-state index contributed by atoms with van der Waals surface area (Å²) < 4.78 is 0. The van der Waals surface area contributed by atoms with Gasteiger partial charge in [-0.3, -0.25) is 4.79 Å². The van der Waals surface area contributed by atoms with Crippen molar-refractivity contribution < 1.29 is 9.90 Å².